The molecule has 1 rings (SSSR count). The van der Waals surface area contributed by atoms with Crippen molar-refractivity contribution in [1.82, 2.24) is 4.72 Å². The molecular weight excluding hydrogens is 240 g/mol. The van der Waals surface area contributed by atoms with Gasteiger partial charge in [0.2, 0.25) is 10.0 Å². The number of ether oxygens (including phenoxy) is 1. The minimum absolute atomic E-state index is 0.0571. The van der Waals surface area contributed by atoms with Crippen LogP contribution in [0.25, 0.3) is 0 Å². The van der Waals surface area contributed by atoms with Crippen LogP contribution in [0.3, 0.4) is 0 Å². The fraction of sp³-hybridized carbons (Fsp3) is 1.00. The summed E-state index contributed by atoms with van der Waals surface area (Å²) in [6.07, 6.45) is 2.40. The third-order valence-electron chi connectivity index (χ3n) is 2.82. The molecule has 0 saturated carbocycles. The fourth-order valence-corrected chi connectivity index (χ4v) is 3.63. The first kappa shape index (κ1) is 14.9. The number of hydrogen-bond donors (Lipinski definition) is 2. The molecule has 0 radical (unpaired) electrons. The first-order valence-corrected chi connectivity index (χ1v) is 7.90. The molecule has 0 aromatic heterocycles. The van der Waals surface area contributed by atoms with Crippen LogP contribution >= 0.6 is 0 Å². The quantitative estimate of drug-likeness (QED) is 0.700. The van der Waals surface area contributed by atoms with Crippen LogP contribution in [0.4, 0.5) is 0 Å². The second kappa shape index (κ2) is 6.68. The highest BCUT2D eigenvalue weighted by molar-refractivity contribution is 7.89. The van der Waals surface area contributed by atoms with E-state index in [0.717, 1.165) is 19.3 Å². The van der Waals surface area contributed by atoms with E-state index in [2.05, 4.69) is 18.6 Å². The van der Waals surface area contributed by atoms with E-state index < -0.39 is 10.0 Å². The molecular formula is C11H24N2O3S. The van der Waals surface area contributed by atoms with Crippen LogP contribution in [-0.2, 0) is 14.8 Å². The Morgan fingerprint density at radius 3 is 2.65 bits per heavy atom. The van der Waals surface area contributed by atoms with Crippen LogP contribution in [-0.4, -0.2) is 39.5 Å². The summed E-state index contributed by atoms with van der Waals surface area (Å²) >= 11 is 0. The van der Waals surface area contributed by atoms with Gasteiger partial charge in [-0.3, -0.25) is 0 Å². The van der Waals surface area contributed by atoms with E-state index in [4.69, 9.17) is 10.5 Å². The van der Waals surface area contributed by atoms with E-state index in [-0.39, 0.29) is 17.9 Å². The van der Waals surface area contributed by atoms with Crippen LogP contribution in [0.5, 0.6) is 0 Å². The lowest BCUT2D eigenvalue weighted by atomic mass is 10.1. The second-order valence-electron chi connectivity index (χ2n) is 5.10. The lowest BCUT2D eigenvalue weighted by Crippen LogP contribution is -2.43. The van der Waals surface area contributed by atoms with E-state index in [9.17, 15) is 8.42 Å². The lowest BCUT2D eigenvalue weighted by molar-refractivity contribution is 0.127. The maximum absolute atomic E-state index is 11.9. The van der Waals surface area contributed by atoms with Gasteiger partial charge in [-0.15, -0.1) is 0 Å². The zero-order chi connectivity index (χ0) is 12.9. The van der Waals surface area contributed by atoms with Gasteiger partial charge in [-0.25, -0.2) is 13.1 Å². The molecule has 3 N–H and O–H groups in total. The normalized spacial score (nSPS) is 23.2. The molecule has 1 heterocycles. The van der Waals surface area contributed by atoms with Crippen molar-refractivity contribution in [2.45, 2.75) is 45.3 Å². The van der Waals surface area contributed by atoms with Gasteiger partial charge in [0.25, 0.3) is 0 Å². The molecule has 17 heavy (non-hydrogen) atoms. The molecule has 0 amide bonds. The maximum Gasteiger partial charge on any atom is 0.214 e. The first-order valence-electron chi connectivity index (χ1n) is 6.24. The molecule has 0 aliphatic carbocycles. The van der Waals surface area contributed by atoms with Crippen LogP contribution in [0.15, 0.2) is 0 Å². The van der Waals surface area contributed by atoms with E-state index in [1.807, 2.05) is 0 Å². The molecule has 2 unspecified atom stereocenters. The Kier molecular flexibility index (Phi) is 5.85. The number of nitrogens with two attached hydrogens (primary N) is 1. The zero-order valence-electron chi connectivity index (χ0n) is 10.7. The fourth-order valence-electron chi connectivity index (χ4n) is 2.08. The van der Waals surface area contributed by atoms with Crippen LogP contribution in [0.1, 0.15) is 33.1 Å². The minimum Gasteiger partial charge on any atom is -0.377 e. The molecule has 2 atom stereocenters. The molecule has 0 spiro atoms. The Labute approximate surface area is 104 Å². The average Bonchev–Trinajstić information content (AvgIpc) is 2.67. The molecule has 5 nitrogen and oxygen atoms in total. The van der Waals surface area contributed by atoms with Crippen LogP contribution in [0, 0.1) is 5.92 Å². The van der Waals surface area contributed by atoms with Gasteiger partial charge in [0.15, 0.2) is 0 Å². The van der Waals surface area contributed by atoms with Crippen molar-refractivity contribution >= 4 is 10.0 Å². The van der Waals surface area contributed by atoms with Crippen molar-refractivity contribution in [3.05, 3.63) is 0 Å². The minimum atomic E-state index is -3.28. The van der Waals surface area contributed by atoms with Gasteiger partial charge in [0.05, 0.1) is 11.9 Å². The number of sulfonamides is 1. The van der Waals surface area contributed by atoms with Gasteiger partial charge in [0.1, 0.15) is 0 Å². The van der Waals surface area contributed by atoms with Crippen molar-refractivity contribution in [3.63, 3.8) is 0 Å². The Balaban J connectivity index is 2.45. The van der Waals surface area contributed by atoms with E-state index >= 15 is 0 Å². The summed E-state index contributed by atoms with van der Waals surface area (Å²) in [5, 5.41) is 0. The lowest BCUT2D eigenvalue weighted by Gasteiger charge is -2.20. The summed E-state index contributed by atoms with van der Waals surface area (Å²) in [5.41, 5.74) is 5.58. The Morgan fingerprint density at radius 1 is 1.47 bits per heavy atom. The summed E-state index contributed by atoms with van der Waals surface area (Å²) in [6.45, 7) is 5.11. The third-order valence-corrected chi connectivity index (χ3v) is 4.32. The largest absolute Gasteiger partial charge is 0.377 e. The molecule has 0 bridgehead atoms. The van der Waals surface area contributed by atoms with Crippen LogP contribution < -0.4 is 10.5 Å². The predicted molar refractivity (Wildman–Crippen MR) is 68.2 cm³/mol. The Hall–Kier alpha value is -0.170. The summed E-state index contributed by atoms with van der Waals surface area (Å²) in [4.78, 5) is 0. The highest BCUT2D eigenvalue weighted by atomic mass is 32.2. The van der Waals surface area contributed by atoms with Gasteiger partial charge in [-0.1, -0.05) is 13.8 Å². The molecule has 1 fully saturated rings. The van der Waals surface area contributed by atoms with Crippen molar-refractivity contribution < 1.29 is 13.2 Å². The average molecular weight is 264 g/mol. The summed E-state index contributed by atoms with van der Waals surface area (Å²) < 4.78 is 31.8. The van der Waals surface area contributed by atoms with Crippen molar-refractivity contribution in [3.8, 4) is 0 Å². The second-order valence-corrected chi connectivity index (χ2v) is 6.89. The Morgan fingerprint density at radius 2 is 2.18 bits per heavy atom. The van der Waals surface area contributed by atoms with Gasteiger partial charge >= 0.3 is 0 Å². The number of rotatable bonds is 7. The SMILES string of the molecule is CC(C)CC(CN)NS(=O)(=O)CC1CCCO1. The molecule has 0 aromatic rings. The van der Waals surface area contributed by atoms with Gasteiger partial charge in [0, 0.05) is 19.2 Å². The van der Waals surface area contributed by atoms with Gasteiger partial charge in [-0.05, 0) is 25.2 Å². The predicted octanol–water partition coefficient (Wildman–Crippen LogP) is 0.458. The van der Waals surface area contributed by atoms with Crippen molar-refractivity contribution in [2.24, 2.45) is 11.7 Å². The topological polar surface area (TPSA) is 81.4 Å². The smallest absolute Gasteiger partial charge is 0.214 e. The monoisotopic (exact) mass is 264 g/mol. The number of nitrogens with one attached hydrogen (secondary N) is 1. The molecule has 102 valence electrons. The van der Waals surface area contributed by atoms with Gasteiger partial charge in [-0.2, -0.15) is 0 Å². The first-order chi connectivity index (χ1) is 7.93. The third kappa shape index (κ3) is 5.81. The summed E-state index contributed by atoms with van der Waals surface area (Å²) in [5.74, 6) is 0.482. The van der Waals surface area contributed by atoms with Crippen LogP contribution in [0.2, 0.25) is 0 Å². The molecule has 1 aliphatic heterocycles. The molecule has 1 aliphatic rings. The summed E-state index contributed by atoms with van der Waals surface area (Å²) in [7, 11) is -3.28. The van der Waals surface area contributed by atoms with Crippen molar-refractivity contribution in [2.75, 3.05) is 18.9 Å². The van der Waals surface area contributed by atoms with E-state index in [1.165, 1.54) is 0 Å². The molecule has 1 saturated heterocycles. The maximum atomic E-state index is 11.9. The van der Waals surface area contributed by atoms with Gasteiger partial charge < -0.3 is 10.5 Å². The molecule has 6 heteroatoms. The van der Waals surface area contributed by atoms with E-state index in [1.54, 1.807) is 0 Å². The standard InChI is InChI=1S/C11H24N2O3S/c1-9(2)6-10(7-12)13-17(14,15)8-11-4-3-5-16-11/h9-11,13H,3-8,12H2,1-2H3. The summed E-state index contributed by atoms with van der Waals surface area (Å²) in [6, 6.07) is -0.165. The number of hydrogen-bond acceptors (Lipinski definition) is 4. The zero-order valence-corrected chi connectivity index (χ0v) is 11.5. The molecule has 0 aromatic carbocycles. The highest BCUT2D eigenvalue weighted by Gasteiger charge is 2.25. The van der Waals surface area contributed by atoms with Crippen molar-refractivity contribution in [1.29, 1.82) is 0 Å². The Bertz CT molecular complexity index is 311. The van der Waals surface area contributed by atoms with E-state index in [0.29, 0.717) is 19.1 Å². The highest BCUT2D eigenvalue weighted by Crippen LogP contribution is 2.14.